The number of rotatable bonds is 2. The standard InChI is InChI=1S/C12H6F3N3/c13-8-4-10(15)11(5-9(8)14)18-12-3-7(6-16)1-2-17-12/h1-5H,(H,17,18). The third kappa shape index (κ3) is 2.40. The SMILES string of the molecule is N#Cc1ccnc(Nc2cc(F)c(F)cc2F)c1. The van der Waals surface area contributed by atoms with Crippen LogP contribution < -0.4 is 5.32 Å². The van der Waals surface area contributed by atoms with Gasteiger partial charge in [0.05, 0.1) is 17.3 Å². The van der Waals surface area contributed by atoms with Crippen molar-refractivity contribution in [3.05, 3.63) is 53.5 Å². The Kier molecular flexibility index (Phi) is 3.15. The molecule has 0 aliphatic heterocycles. The summed E-state index contributed by atoms with van der Waals surface area (Å²) in [6, 6.07) is 5.83. The largest absolute Gasteiger partial charge is 0.338 e. The van der Waals surface area contributed by atoms with E-state index in [1.807, 2.05) is 6.07 Å². The summed E-state index contributed by atoms with van der Waals surface area (Å²) in [6.07, 6.45) is 1.35. The predicted molar refractivity (Wildman–Crippen MR) is 58.6 cm³/mol. The summed E-state index contributed by atoms with van der Waals surface area (Å²) in [4.78, 5) is 3.83. The molecule has 1 aromatic carbocycles. The number of anilines is 2. The third-order valence-corrected chi connectivity index (χ3v) is 2.16. The highest BCUT2D eigenvalue weighted by Gasteiger charge is 2.10. The monoisotopic (exact) mass is 249 g/mol. The second kappa shape index (κ2) is 4.75. The van der Waals surface area contributed by atoms with Crippen LogP contribution in [0.5, 0.6) is 0 Å². The first-order valence-electron chi connectivity index (χ1n) is 4.88. The first-order valence-corrected chi connectivity index (χ1v) is 4.88. The summed E-state index contributed by atoms with van der Waals surface area (Å²) in [5, 5.41) is 11.1. The molecule has 0 atom stereocenters. The van der Waals surface area contributed by atoms with Crippen LogP contribution in [0.25, 0.3) is 0 Å². The van der Waals surface area contributed by atoms with Crippen molar-refractivity contribution >= 4 is 11.5 Å². The fourth-order valence-electron chi connectivity index (χ4n) is 1.32. The molecule has 0 bridgehead atoms. The molecular weight excluding hydrogens is 243 g/mol. The van der Waals surface area contributed by atoms with Crippen molar-refractivity contribution in [2.75, 3.05) is 5.32 Å². The zero-order chi connectivity index (χ0) is 13.1. The highest BCUT2D eigenvalue weighted by Crippen LogP contribution is 2.21. The van der Waals surface area contributed by atoms with Gasteiger partial charge in [0.15, 0.2) is 11.6 Å². The zero-order valence-electron chi connectivity index (χ0n) is 8.92. The number of pyridine rings is 1. The minimum absolute atomic E-state index is 0.166. The molecule has 0 spiro atoms. The summed E-state index contributed by atoms with van der Waals surface area (Å²) in [7, 11) is 0. The minimum atomic E-state index is -1.27. The molecule has 0 saturated heterocycles. The molecule has 90 valence electrons. The molecule has 1 aromatic heterocycles. The average Bonchev–Trinajstić information content (AvgIpc) is 2.36. The number of halogens is 3. The second-order valence-corrected chi connectivity index (χ2v) is 3.41. The van der Waals surface area contributed by atoms with E-state index >= 15 is 0 Å². The summed E-state index contributed by atoms with van der Waals surface area (Å²) >= 11 is 0. The Hall–Kier alpha value is -2.55. The van der Waals surface area contributed by atoms with Gasteiger partial charge in [0, 0.05) is 18.3 Å². The molecular formula is C12H6F3N3. The van der Waals surface area contributed by atoms with E-state index in [2.05, 4.69) is 10.3 Å². The van der Waals surface area contributed by atoms with Gasteiger partial charge in [0.25, 0.3) is 0 Å². The summed E-state index contributed by atoms with van der Waals surface area (Å²) in [5.74, 6) is -3.22. The lowest BCUT2D eigenvalue weighted by molar-refractivity contribution is 0.496. The van der Waals surface area contributed by atoms with Gasteiger partial charge in [-0.2, -0.15) is 5.26 Å². The Labute approximate surface area is 101 Å². The lowest BCUT2D eigenvalue weighted by atomic mass is 10.2. The van der Waals surface area contributed by atoms with E-state index in [1.165, 1.54) is 18.3 Å². The molecule has 0 unspecified atom stereocenters. The zero-order valence-corrected chi connectivity index (χ0v) is 8.92. The lowest BCUT2D eigenvalue weighted by Gasteiger charge is -2.07. The molecule has 2 rings (SSSR count). The van der Waals surface area contributed by atoms with Crippen molar-refractivity contribution in [2.45, 2.75) is 0 Å². The van der Waals surface area contributed by atoms with Crippen LogP contribution in [0.4, 0.5) is 24.7 Å². The normalized spacial score (nSPS) is 9.89. The van der Waals surface area contributed by atoms with E-state index in [1.54, 1.807) is 0 Å². The van der Waals surface area contributed by atoms with Crippen molar-refractivity contribution in [1.29, 1.82) is 5.26 Å². The van der Waals surface area contributed by atoms with Gasteiger partial charge in [0.2, 0.25) is 0 Å². The Balaban J connectivity index is 2.34. The molecule has 18 heavy (non-hydrogen) atoms. The molecule has 0 saturated carbocycles. The number of nitrogens with one attached hydrogen (secondary N) is 1. The van der Waals surface area contributed by atoms with Crippen molar-refractivity contribution in [1.82, 2.24) is 4.98 Å². The minimum Gasteiger partial charge on any atom is -0.338 e. The Bertz CT molecular complexity index is 635. The van der Waals surface area contributed by atoms with E-state index in [0.717, 1.165) is 0 Å². The molecule has 6 heteroatoms. The molecule has 0 fully saturated rings. The quantitative estimate of drug-likeness (QED) is 0.832. The molecule has 1 N–H and O–H groups in total. The van der Waals surface area contributed by atoms with Crippen molar-refractivity contribution in [3.63, 3.8) is 0 Å². The van der Waals surface area contributed by atoms with Crippen LogP contribution in [0.2, 0.25) is 0 Å². The predicted octanol–water partition coefficient (Wildman–Crippen LogP) is 3.11. The van der Waals surface area contributed by atoms with E-state index in [9.17, 15) is 13.2 Å². The van der Waals surface area contributed by atoms with Gasteiger partial charge >= 0.3 is 0 Å². The highest BCUT2D eigenvalue weighted by molar-refractivity contribution is 5.58. The van der Waals surface area contributed by atoms with E-state index in [0.29, 0.717) is 17.7 Å². The number of benzene rings is 1. The Morgan fingerprint density at radius 1 is 1.06 bits per heavy atom. The van der Waals surface area contributed by atoms with E-state index in [-0.39, 0.29) is 11.5 Å². The number of hydrogen-bond donors (Lipinski definition) is 1. The molecule has 0 amide bonds. The molecule has 0 aliphatic rings. The van der Waals surface area contributed by atoms with Gasteiger partial charge in [-0.3, -0.25) is 0 Å². The molecule has 2 aromatic rings. The number of nitriles is 1. The van der Waals surface area contributed by atoms with Crippen LogP contribution in [0, 0.1) is 28.8 Å². The summed E-state index contributed by atoms with van der Waals surface area (Å²) in [5.41, 5.74) is 0.0620. The van der Waals surface area contributed by atoms with Crippen LogP contribution in [0.1, 0.15) is 5.56 Å². The first-order chi connectivity index (χ1) is 8.60. The summed E-state index contributed by atoms with van der Waals surface area (Å²) < 4.78 is 39.0. The maximum Gasteiger partial charge on any atom is 0.161 e. The Morgan fingerprint density at radius 2 is 1.78 bits per heavy atom. The fourth-order valence-corrected chi connectivity index (χ4v) is 1.32. The number of nitrogens with zero attached hydrogens (tertiary/aromatic N) is 2. The van der Waals surface area contributed by atoms with Crippen LogP contribution in [0.15, 0.2) is 30.5 Å². The molecule has 3 nitrogen and oxygen atoms in total. The van der Waals surface area contributed by atoms with Gasteiger partial charge in [-0.25, -0.2) is 18.2 Å². The van der Waals surface area contributed by atoms with Gasteiger partial charge in [-0.05, 0) is 12.1 Å². The van der Waals surface area contributed by atoms with Crippen LogP contribution in [0.3, 0.4) is 0 Å². The molecule has 1 heterocycles. The van der Waals surface area contributed by atoms with Crippen molar-refractivity contribution < 1.29 is 13.2 Å². The highest BCUT2D eigenvalue weighted by atomic mass is 19.2. The van der Waals surface area contributed by atoms with Crippen molar-refractivity contribution in [3.8, 4) is 6.07 Å². The number of aromatic nitrogens is 1. The maximum atomic E-state index is 13.3. The number of hydrogen-bond acceptors (Lipinski definition) is 3. The lowest BCUT2D eigenvalue weighted by Crippen LogP contribution is -1.99. The van der Waals surface area contributed by atoms with Crippen LogP contribution in [-0.4, -0.2) is 4.98 Å². The Morgan fingerprint density at radius 3 is 2.50 bits per heavy atom. The smallest absolute Gasteiger partial charge is 0.161 e. The van der Waals surface area contributed by atoms with Gasteiger partial charge in [-0.1, -0.05) is 0 Å². The first kappa shape index (κ1) is 11.9. The summed E-state index contributed by atoms with van der Waals surface area (Å²) in [6.45, 7) is 0. The van der Waals surface area contributed by atoms with Crippen LogP contribution in [-0.2, 0) is 0 Å². The maximum absolute atomic E-state index is 13.3. The van der Waals surface area contributed by atoms with Crippen LogP contribution >= 0.6 is 0 Å². The van der Waals surface area contributed by atoms with Crippen molar-refractivity contribution in [2.24, 2.45) is 0 Å². The average molecular weight is 249 g/mol. The van der Waals surface area contributed by atoms with Gasteiger partial charge in [-0.15, -0.1) is 0 Å². The van der Waals surface area contributed by atoms with E-state index < -0.39 is 17.5 Å². The molecule has 0 radical (unpaired) electrons. The third-order valence-electron chi connectivity index (χ3n) is 2.16. The van der Waals surface area contributed by atoms with E-state index in [4.69, 9.17) is 5.26 Å². The van der Waals surface area contributed by atoms with Gasteiger partial charge in [0.1, 0.15) is 11.6 Å². The van der Waals surface area contributed by atoms with Gasteiger partial charge < -0.3 is 5.32 Å². The topological polar surface area (TPSA) is 48.7 Å². The fraction of sp³-hybridized carbons (Fsp3) is 0. The second-order valence-electron chi connectivity index (χ2n) is 3.41. The molecule has 0 aliphatic carbocycles.